The molecule has 6 heteroatoms. The van der Waals surface area contributed by atoms with Crippen LogP contribution in [0.25, 0.3) is 0 Å². The lowest BCUT2D eigenvalue weighted by molar-refractivity contribution is -0.131. The average molecular weight is 400 g/mol. The highest BCUT2D eigenvalue weighted by molar-refractivity contribution is 5.76. The molecule has 0 saturated carbocycles. The average Bonchev–Trinajstić information content (AvgIpc) is 2.98. The third-order valence-corrected chi connectivity index (χ3v) is 5.36. The highest BCUT2D eigenvalue weighted by Crippen LogP contribution is 2.22. The Balaban J connectivity index is 1.51. The number of amides is 1. The zero-order chi connectivity index (χ0) is 20.6. The second kappa shape index (κ2) is 10.3. The molecule has 29 heavy (non-hydrogen) atoms. The number of hydrogen-bond donors (Lipinski definition) is 0. The lowest BCUT2D eigenvalue weighted by Crippen LogP contribution is -2.35. The molecule has 0 bridgehead atoms. The number of methoxy groups -OCH3 is 2. The number of carbonyl (C=O) groups is 1. The molecule has 0 N–H and O–H groups in total. The number of ether oxygens (including phenoxy) is 2. The van der Waals surface area contributed by atoms with E-state index in [0.717, 1.165) is 49.4 Å². The van der Waals surface area contributed by atoms with Crippen LogP contribution in [0.15, 0.2) is 42.5 Å². The van der Waals surface area contributed by atoms with Crippen molar-refractivity contribution in [2.75, 3.05) is 40.4 Å². The molecule has 156 valence electrons. The van der Waals surface area contributed by atoms with Crippen LogP contribution in [0.4, 0.5) is 4.39 Å². The summed E-state index contributed by atoms with van der Waals surface area (Å²) in [4.78, 5) is 16.9. The largest absolute Gasteiger partial charge is 0.497 e. The summed E-state index contributed by atoms with van der Waals surface area (Å²) >= 11 is 0. The van der Waals surface area contributed by atoms with Gasteiger partial charge in [-0.25, -0.2) is 4.39 Å². The third kappa shape index (κ3) is 5.94. The molecular formula is C23H29FN2O3. The van der Waals surface area contributed by atoms with E-state index in [4.69, 9.17) is 9.47 Å². The molecule has 1 aliphatic heterocycles. The molecule has 0 atom stereocenters. The Kier molecular flexibility index (Phi) is 7.47. The molecule has 0 aliphatic carbocycles. The minimum Gasteiger partial charge on any atom is -0.497 e. The fourth-order valence-corrected chi connectivity index (χ4v) is 3.69. The van der Waals surface area contributed by atoms with E-state index in [1.165, 1.54) is 12.1 Å². The molecule has 2 aromatic carbocycles. The van der Waals surface area contributed by atoms with Gasteiger partial charge in [-0.2, -0.15) is 0 Å². The first-order valence-electron chi connectivity index (χ1n) is 10.0. The van der Waals surface area contributed by atoms with Crippen LogP contribution in [-0.4, -0.2) is 56.1 Å². The van der Waals surface area contributed by atoms with Crippen molar-refractivity contribution in [2.45, 2.75) is 25.8 Å². The number of hydrogen-bond acceptors (Lipinski definition) is 4. The van der Waals surface area contributed by atoms with Crippen LogP contribution in [0.2, 0.25) is 0 Å². The summed E-state index contributed by atoms with van der Waals surface area (Å²) in [5, 5.41) is 0. The van der Waals surface area contributed by atoms with Crippen LogP contribution in [0.5, 0.6) is 11.5 Å². The Hall–Kier alpha value is -2.60. The van der Waals surface area contributed by atoms with Crippen LogP contribution < -0.4 is 9.47 Å². The number of halogens is 1. The van der Waals surface area contributed by atoms with E-state index >= 15 is 0 Å². The number of nitrogens with zero attached hydrogens (tertiary/aromatic N) is 2. The summed E-state index contributed by atoms with van der Waals surface area (Å²) in [5.74, 6) is 1.45. The standard InChI is InChI=1S/C23H29FN2O3/c1-28-21-8-4-18(5-9-21)6-11-23(27)26-13-3-12-25(14-15-26)17-19-16-20(24)7-10-22(19)29-2/h4-5,7-10,16H,3,6,11-15,17H2,1-2H3. The zero-order valence-corrected chi connectivity index (χ0v) is 17.2. The van der Waals surface area contributed by atoms with Gasteiger partial charge in [0.2, 0.25) is 5.91 Å². The lowest BCUT2D eigenvalue weighted by Gasteiger charge is -2.23. The molecule has 1 heterocycles. The molecule has 0 spiro atoms. The molecule has 1 amide bonds. The normalized spacial score (nSPS) is 15.1. The minimum absolute atomic E-state index is 0.186. The monoisotopic (exact) mass is 400 g/mol. The topological polar surface area (TPSA) is 42.0 Å². The van der Waals surface area contributed by atoms with Crippen molar-refractivity contribution in [1.29, 1.82) is 0 Å². The molecule has 1 aliphatic rings. The summed E-state index contributed by atoms with van der Waals surface area (Å²) in [6.07, 6.45) is 2.14. The number of aryl methyl sites for hydroxylation is 1. The van der Waals surface area contributed by atoms with E-state index in [1.807, 2.05) is 29.2 Å². The highest BCUT2D eigenvalue weighted by atomic mass is 19.1. The lowest BCUT2D eigenvalue weighted by atomic mass is 10.1. The summed E-state index contributed by atoms with van der Waals surface area (Å²) < 4.78 is 24.1. The molecule has 1 saturated heterocycles. The van der Waals surface area contributed by atoms with E-state index in [2.05, 4.69) is 4.90 Å². The van der Waals surface area contributed by atoms with Gasteiger partial charge in [-0.3, -0.25) is 9.69 Å². The minimum atomic E-state index is -0.258. The molecule has 0 unspecified atom stereocenters. The number of benzene rings is 2. The van der Waals surface area contributed by atoms with Gasteiger partial charge >= 0.3 is 0 Å². The molecule has 3 rings (SSSR count). The summed E-state index contributed by atoms with van der Waals surface area (Å²) in [5.41, 5.74) is 1.97. The number of rotatable bonds is 7. The second-order valence-corrected chi connectivity index (χ2v) is 7.31. The molecule has 0 aromatic heterocycles. The van der Waals surface area contributed by atoms with Crippen molar-refractivity contribution >= 4 is 5.91 Å². The highest BCUT2D eigenvalue weighted by Gasteiger charge is 2.20. The van der Waals surface area contributed by atoms with Crippen molar-refractivity contribution in [3.63, 3.8) is 0 Å². The van der Waals surface area contributed by atoms with Gasteiger partial charge in [-0.05, 0) is 48.7 Å². The van der Waals surface area contributed by atoms with E-state index in [-0.39, 0.29) is 11.7 Å². The quantitative estimate of drug-likeness (QED) is 0.713. The predicted octanol–water partition coefficient (Wildman–Crippen LogP) is 3.51. The van der Waals surface area contributed by atoms with Crippen molar-refractivity contribution in [1.82, 2.24) is 9.80 Å². The van der Waals surface area contributed by atoms with Gasteiger partial charge in [0.15, 0.2) is 0 Å². The summed E-state index contributed by atoms with van der Waals surface area (Å²) in [7, 11) is 3.24. The van der Waals surface area contributed by atoms with Gasteiger partial charge < -0.3 is 14.4 Å². The molecule has 2 aromatic rings. The van der Waals surface area contributed by atoms with Crippen molar-refractivity contribution in [3.8, 4) is 11.5 Å². The number of carbonyl (C=O) groups excluding carboxylic acids is 1. The van der Waals surface area contributed by atoms with E-state index < -0.39 is 0 Å². The maximum Gasteiger partial charge on any atom is 0.222 e. The Morgan fingerprint density at radius 1 is 1.00 bits per heavy atom. The Bertz CT molecular complexity index is 810. The van der Waals surface area contributed by atoms with Gasteiger partial charge in [-0.1, -0.05) is 12.1 Å². The fourth-order valence-electron chi connectivity index (χ4n) is 3.69. The van der Waals surface area contributed by atoms with Gasteiger partial charge in [0.05, 0.1) is 14.2 Å². The molecular weight excluding hydrogens is 371 g/mol. The zero-order valence-electron chi connectivity index (χ0n) is 17.2. The van der Waals surface area contributed by atoms with E-state index in [1.54, 1.807) is 20.3 Å². The molecule has 0 radical (unpaired) electrons. The second-order valence-electron chi connectivity index (χ2n) is 7.31. The SMILES string of the molecule is COc1ccc(CCC(=O)N2CCCN(Cc3cc(F)ccc3OC)CC2)cc1. The van der Waals surface area contributed by atoms with E-state index in [0.29, 0.717) is 25.3 Å². The van der Waals surface area contributed by atoms with E-state index in [9.17, 15) is 9.18 Å². The predicted molar refractivity (Wildman–Crippen MR) is 111 cm³/mol. The van der Waals surface area contributed by atoms with Crippen molar-refractivity contribution < 1.29 is 18.7 Å². The van der Waals surface area contributed by atoms with Crippen LogP contribution in [0, 0.1) is 5.82 Å². The molecule has 5 nitrogen and oxygen atoms in total. The van der Waals surface area contributed by atoms with Gasteiger partial charge in [-0.15, -0.1) is 0 Å². The smallest absolute Gasteiger partial charge is 0.222 e. The Morgan fingerprint density at radius 3 is 2.52 bits per heavy atom. The van der Waals surface area contributed by atoms with Gasteiger partial charge in [0, 0.05) is 44.7 Å². The van der Waals surface area contributed by atoms with Crippen molar-refractivity contribution in [3.05, 3.63) is 59.4 Å². The first kappa shape index (κ1) is 21.1. The fraction of sp³-hybridized carbons (Fsp3) is 0.435. The summed E-state index contributed by atoms with van der Waals surface area (Å²) in [6, 6.07) is 12.5. The summed E-state index contributed by atoms with van der Waals surface area (Å²) in [6.45, 7) is 3.72. The van der Waals surface area contributed by atoms with Crippen LogP contribution in [-0.2, 0) is 17.8 Å². The van der Waals surface area contributed by atoms with Crippen LogP contribution in [0.3, 0.4) is 0 Å². The molecule has 1 fully saturated rings. The van der Waals surface area contributed by atoms with Crippen LogP contribution >= 0.6 is 0 Å². The first-order valence-corrected chi connectivity index (χ1v) is 10.0. The van der Waals surface area contributed by atoms with Crippen molar-refractivity contribution in [2.24, 2.45) is 0 Å². The van der Waals surface area contributed by atoms with Gasteiger partial charge in [0.1, 0.15) is 17.3 Å². The van der Waals surface area contributed by atoms with Gasteiger partial charge in [0.25, 0.3) is 0 Å². The Morgan fingerprint density at radius 2 is 1.79 bits per heavy atom. The Labute approximate surface area is 172 Å². The first-order chi connectivity index (χ1) is 14.1. The maximum atomic E-state index is 13.6. The van der Waals surface area contributed by atoms with Crippen LogP contribution in [0.1, 0.15) is 24.0 Å². The maximum absolute atomic E-state index is 13.6. The third-order valence-electron chi connectivity index (χ3n) is 5.36.